The molecule has 8 heteroatoms. The van der Waals surface area contributed by atoms with Crippen molar-refractivity contribution in [3.63, 3.8) is 0 Å². The van der Waals surface area contributed by atoms with E-state index in [0.717, 1.165) is 18.4 Å². The fraction of sp³-hybridized carbons (Fsp3) is 0.550. The molecule has 0 amide bonds. The lowest BCUT2D eigenvalue weighted by Crippen LogP contribution is -2.38. The molecule has 0 aliphatic carbocycles. The van der Waals surface area contributed by atoms with Gasteiger partial charge in [0.05, 0.1) is 18.1 Å². The number of hydrogen-bond donors (Lipinski definition) is 0. The molecule has 2 heterocycles. The largest absolute Gasteiger partial charge is 0.283 e. The van der Waals surface area contributed by atoms with Gasteiger partial charge in [-0.2, -0.15) is 9.40 Å². The Morgan fingerprint density at radius 3 is 2.57 bits per heavy atom. The van der Waals surface area contributed by atoms with Crippen LogP contribution in [0.5, 0.6) is 0 Å². The standard InChI is InChI=1S/C20H29FN4O2S/c1-15-8-10-24(11-9-15)28(26,27)20-16(2)22-25(17(20)3)14-23(4)13-18-6-5-7-19(21)12-18/h5-7,12,15H,8-11,13-14H2,1-4H3. The van der Waals surface area contributed by atoms with Gasteiger partial charge in [-0.1, -0.05) is 19.1 Å². The highest BCUT2D eigenvalue weighted by molar-refractivity contribution is 7.89. The van der Waals surface area contributed by atoms with E-state index in [1.54, 1.807) is 28.9 Å². The highest BCUT2D eigenvalue weighted by Crippen LogP contribution is 2.27. The molecule has 0 bridgehead atoms. The summed E-state index contributed by atoms with van der Waals surface area (Å²) in [6, 6.07) is 6.48. The van der Waals surface area contributed by atoms with Gasteiger partial charge in [0.2, 0.25) is 10.0 Å². The number of nitrogens with zero attached hydrogens (tertiary/aromatic N) is 4. The van der Waals surface area contributed by atoms with E-state index in [4.69, 9.17) is 0 Å². The van der Waals surface area contributed by atoms with Crippen molar-refractivity contribution in [3.05, 3.63) is 47.0 Å². The van der Waals surface area contributed by atoms with Gasteiger partial charge in [-0.25, -0.2) is 12.8 Å². The normalized spacial score (nSPS) is 16.8. The van der Waals surface area contributed by atoms with E-state index in [1.807, 2.05) is 18.0 Å². The molecule has 28 heavy (non-hydrogen) atoms. The van der Waals surface area contributed by atoms with Crippen molar-refractivity contribution in [2.45, 2.75) is 51.7 Å². The molecule has 154 valence electrons. The Labute approximate surface area is 167 Å². The molecular formula is C20H29FN4O2S. The Balaban J connectivity index is 1.77. The van der Waals surface area contributed by atoms with Crippen LogP contribution in [0.15, 0.2) is 29.2 Å². The molecule has 1 aliphatic heterocycles. The van der Waals surface area contributed by atoms with Crippen molar-refractivity contribution in [1.82, 2.24) is 19.0 Å². The van der Waals surface area contributed by atoms with E-state index in [2.05, 4.69) is 12.0 Å². The fourth-order valence-electron chi connectivity index (χ4n) is 3.77. The zero-order valence-electron chi connectivity index (χ0n) is 17.0. The Hall–Kier alpha value is -1.77. The van der Waals surface area contributed by atoms with Crippen LogP contribution in [0, 0.1) is 25.6 Å². The third-order valence-electron chi connectivity index (χ3n) is 5.37. The van der Waals surface area contributed by atoms with E-state index in [-0.39, 0.29) is 5.82 Å². The van der Waals surface area contributed by atoms with Crippen LogP contribution in [0.2, 0.25) is 0 Å². The Morgan fingerprint density at radius 1 is 1.25 bits per heavy atom. The van der Waals surface area contributed by atoms with Crippen molar-refractivity contribution in [1.29, 1.82) is 0 Å². The second-order valence-electron chi connectivity index (χ2n) is 7.87. The Morgan fingerprint density at radius 2 is 1.93 bits per heavy atom. The summed E-state index contributed by atoms with van der Waals surface area (Å²) in [6.45, 7) is 7.80. The third kappa shape index (κ3) is 4.45. The molecule has 6 nitrogen and oxygen atoms in total. The number of halogens is 1. The van der Waals surface area contributed by atoms with Crippen LogP contribution < -0.4 is 0 Å². The number of hydrogen-bond acceptors (Lipinski definition) is 4. The molecule has 3 rings (SSSR count). The average Bonchev–Trinajstić information content (AvgIpc) is 2.89. The van der Waals surface area contributed by atoms with E-state index in [9.17, 15) is 12.8 Å². The molecule has 2 aromatic rings. The summed E-state index contributed by atoms with van der Waals surface area (Å²) < 4.78 is 43.1. The summed E-state index contributed by atoms with van der Waals surface area (Å²) in [4.78, 5) is 2.30. The number of sulfonamides is 1. The van der Waals surface area contributed by atoms with Crippen molar-refractivity contribution in [2.24, 2.45) is 5.92 Å². The molecule has 0 unspecified atom stereocenters. The molecule has 1 aliphatic rings. The second kappa shape index (κ2) is 8.31. The van der Waals surface area contributed by atoms with Crippen molar-refractivity contribution in [3.8, 4) is 0 Å². The number of aromatic nitrogens is 2. The minimum absolute atomic E-state index is 0.263. The number of rotatable bonds is 6. The molecule has 1 aromatic carbocycles. The molecule has 0 atom stereocenters. The first-order valence-electron chi connectivity index (χ1n) is 9.65. The lowest BCUT2D eigenvalue weighted by molar-refractivity contribution is 0.242. The van der Waals surface area contributed by atoms with Crippen molar-refractivity contribution in [2.75, 3.05) is 20.1 Å². The monoisotopic (exact) mass is 408 g/mol. The van der Waals surface area contributed by atoms with Gasteiger partial charge >= 0.3 is 0 Å². The predicted molar refractivity (Wildman–Crippen MR) is 107 cm³/mol. The van der Waals surface area contributed by atoms with Crippen LogP contribution in [-0.2, 0) is 23.2 Å². The first-order valence-corrected chi connectivity index (χ1v) is 11.1. The summed E-state index contributed by atoms with van der Waals surface area (Å²) in [7, 11) is -1.64. The van der Waals surface area contributed by atoms with Crippen LogP contribution in [0.25, 0.3) is 0 Å². The van der Waals surface area contributed by atoms with Crippen LogP contribution in [0.4, 0.5) is 4.39 Å². The topological polar surface area (TPSA) is 58.4 Å². The quantitative estimate of drug-likeness (QED) is 0.737. The van der Waals surface area contributed by atoms with Gasteiger partial charge in [0.15, 0.2) is 0 Å². The smallest absolute Gasteiger partial charge is 0.246 e. The SMILES string of the molecule is Cc1nn(CN(C)Cc2cccc(F)c2)c(C)c1S(=O)(=O)N1CCC(C)CC1. The first kappa shape index (κ1) is 21.0. The minimum atomic E-state index is -3.54. The Bertz CT molecular complexity index is 934. The van der Waals surface area contributed by atoms with Gasteiger partial charge in [0.25, 0.3) is 0 Å². The van der Waals surface area contributed by atoms with E-state index < -0.39 is 10.0 Å². The van der Waals surface area contributed by atoms with Gasteiger partial charge in [0.1, 0.15) is 10.7 Å². The zero-order chi connectivity index (χ0) is 20.5. The second-order valence-corrected chi connectivity index (χ2v) is 9.75. The molecule has 0 radical (unpaired) electrons. The fourth-order valence-corrected chi connectivity index (χ4v) is 5.61. The van der Waals surface area contributed by atoms with E-state index in [0.29, 0.717) is 48.5 Å². The number of benzene rings is 1. The van der Waals surface area contributed by atoms with E-state index >= 15 is 0 Å². The van der Waals surface area contributed by atoms with Crippen molar-refractivity contribution < 1.29 is 12.8 Å². The molecular weight excluding hydrogens is 379 g/mol. The van der Waals surface area contributed by atoms with Crippen LogP contribution in [0.3, 0.4) is 0 Å². The summed E-state index contributed by atoms with van der Waals surface area (Å²) in [5.74, 6) is 0.300. The van der Waals surface area contributed by atoms with Gasteiger partial charge in [-0.3, -0.25) is 9.58 Å². The van der Waals surface area contributed by atoms with Crippen LogP contribution in [0.1, 0.15) is 36.7 Å². The third-order valence-corrected chi connectivity index (χ3v) is 7.52. The number of aryl methyl sites for hydroxylation is 1. The molecule has 1 saturated heterocycles. The summed E-state index contributed by atoms with van der Waals surface area (Å²) >= 11 is 0. The molecule has 1 fully saturated rings. The molecule has 1 aromatic heterocycles. The summed E-state index contributed by atoms with van der Waals surface area (Å²) in [5.41, 5.74) is 2.02. The average molecular weight is 409 g/mol. The molecule has 0 spiro atoms. The lowest BCUT2D eigenvalue weighted by Gasteiger charge is -2.29. The lowest BCUT2D eigenvalue weighted by atomic mass is 10.0. The van der Waals surface area contributed by atoms with Gasteiger partial charge in [0, 0.05) is 19.6 Å². The van der Waals surface area contributed by atoms with Crippen LogP contribution >= 0.6 is 0 Å². The molecule has 0 N–H and O–H groups in total. The maximum atomic E-state index is 13.4. The zero-order valence-corrected chi connectivity index (χ0v) is 17.8. The number of piperidine rings is 1. The van der Waals surface area contributed by atoms with Gasteiger partial charge in [-0.15, -0.1) is 0 Å². The summed E-state index contributed by atoms with van der Waals surface area (Å²) in [5, 5.41) is 4.48. The van der Waals surface area contributed by atoms with Crippen LogP contribution in [-0.4, -0.2) is 47.5 Å². The Kier molecular flexibility index (Phi) is 6.21. The molecule has 0 saturated carbocycles. The van der Waals surface area contributed by atoms with Gasteiger partial charge < -0.3 is 0 Å². The minimum Gasteiger partial charge on any atom is -0.283 e. The highest BCUT2D eigenvalue weighted by atomic mass is 32.2. The van der Waals surface area contributed by atoms with E-state index in [1.165, 1.54) is 12.1 Å². The maximum absolute atomic E-state index is 13.4. The predicted octanol–water partition coefficient (Wildman–Crippen LogP) is 3.15. The highest BCUT2D eigenvalue weighted by Gasteiger charge is 2.33. The van der Waals surface area contributed by atoms with Crippen molar-refractivity contribution >= 4 is 10.0 Å². The summed E-state index contributed by atoms with van der Waals surface area (Å²) in [6.07, 6.45) is 1.78. The maximum Gasteiger partial charge on any atom is 0.246 e. The first-order chi connectivity index (χ1) is 13.2. The van der Waals surface area contributed by atoms with Gasteiger partial charge in [-0.05, 0) is 57.4 Å².